The minimum Gasteiger partial charge on any atom is -0.490 e. The number of carboxylic acid groups (broad SMARTS) is 1. The summed E-state index contributed by atoms with van der Waals surface area (Å²) in [6, 6.07) is 14.1. The quantitative estimate of drug-likeness (QED) is 0.819. The van der Waals surface area contributed by atoms with E-state index in [0.29, 0.717) is 23.4 Å². The molecular weight excluding hydrogens is 324 g/mol. The standard InChI is InChI=1S/C15H13BrO4/c16-13-7-6-11(15(17)18)10-14(13)20-9-8-19-12-4-2-1-3-5-12/h1-7,10H,8-9H2,(H,17,18). The second-order valence-corrected chi connectivity index (χ2v) is 4.81. The number of carbonyl (C=O) groups is 1. The summed E-state index contributed by atoms with van der Waals surface area (Å²) >= 11 is 3.32. The molecule has 0 saturated carbocycles. The molecule has 0 aromatic heterocycles. The van der Waals surface area contributed by atoms with Crippen molar-refractivity contribution in [1.82, 2.24) is 0 Å². The molecule has 0 atom stereocenters. The van der Waals surface area contributed by atoms with Crippen LogP contribution in [-0.2, 0) is 0 Å². The molecule has 0 amide bonds. The molecule has 2 aromatic rings. The van der Waals surface area contributed by atoms with Gasteiger partial charge in [0.25, 0.3) is 0 Å². The number of hydrogen-bond acceptors (Lipinski definition) is 3. The summed E-state index contributed by atoms with van der Waals surface area (Å²) in [5.74, 6) is 0.277. The maximum absolute atomic E-state index is 10.9. The maximum atomic E-state index is 10.9. The first kappa shape index (κ1) is 14.4. The monoisotopic (exact) mass is 336 g/mol. The molecule has 20 heavy (non-hydrogen) atoms. The Balaban J connectivity index is 1.88. The average molecular weight is 337 g/mol. The van der Waals surface area contributed by atoms with E-state index in [4.69, 9.17) is 14.6 Å². The number of hydrogen-bond donors (Lipinski definition) is 1. The molecule has 2 rings (SSSR count). The van der Waals surface area contributed by atoms with Gasteiger partial charge in [0.1, 0.15) is 24.7 Å². The molecule has 2 aromatic carbocycles. The van der Waals surface area contributed by atoms with Gasteiger partial charge in [-0.05, 0) is 46.3 Å². The Morgan fingerprint density at radius 2 is 1.75 bits per heavy atom. The number of benzene rings is 2. The zero-order valence-electron chi connectivity index (χ0n) is 10.6. The van der Waals surface area contributed by atoms with Gasteiger partial charge in [-0.2, -0.15) is 0 Å². The minimum atomic E-state index is -0.983. The highest BCUT2D eigenvalue weighted by Crippen LogP contribution is 2.26. The molecule has 0 saturated heterocycles. The molecule has 0 aliphatic rings. The van der Waals surface area contributed by atoms with Crippen LogP contribution in [0.25, 0.3) is 0 Å². The van der Waals surface area contributed by atoms with Crippen LogP contribution >= 0.6 is 15.9 Å². The van der Waals surface area contributed by atoms with Gasteiger partial charge in [-0.1, -0.05) is 18.2 Å². The van der Waals surface area contributed by atoms with Gasteiger partial charge in [-0.25, -0.2) is 4.79 Å². The van der Waals surface area contributed by atoms with E-state index < -0.39 is 5.97 Å². The Bertz CT molecular complexity index is 584. The molecule has 0 bridgehead atoms. The highest BCUT2D eigenvalue weighted by atomic mass is 79.9. The Kier molecular flexibility index (Phi) is 5.01. The van der Waals surface area contributed by atoms with E-state index in [1.807, 2.05) is 30.3 Å². The van der Waals surface area contributed by atoms with Crippen LogP contribution in [0.2, 0.25) is 0 Å². The van der Waals surface area contributed by atoms with Crippen molar-refractivity contribution < 1.29 is 19.4 Å². The highest BCUT2D eigenvalue weighted by Gasteiger charge is 2.07. The lowest BCUT2D eigenvalue weighted by molar-refractivity contribution is 0.0696. The number of para-hydroxylation sites is 1. The molecular formula is C15H13BrO4. The van der Waals surface area contributed by atoms with E-state index in [1.54, 1.807) is 6.07 Å². The molecule has 0 unspecified atom stereocenters. The zero-order valence-corrected chi connectivity index (χ0v) is 12.2. The van der Waals surface area contributed by atoms with Gasteiger partial charge in [-0.15, -0.1) is 0 Å². The molecule has 0 radical (unpaired) electrons. The van der Waals surface area contributed by atoms with Crippen LogP contribution < -0.4 is 9.47 Å². The number of ether oxygens (including phenoxy) is 2. The molecule has 104 valence electrons. The van der Waals surface area contributed by atoms with Crippen molar-refractivity contribution in [1.29, 1.82) is 0 Å². The Labute approximate surface area is 125 Å². The van der Waals surface area contributed by atoms with Crippen molar-refractivity contribution in [2.75, 3.05) is 13.2 Å². The van der Waals surface area contributed by atoms with Crippen molar-refractivity contribution in [3.8, 4) is 11.5 Å². The Morgan fingerprint density at radius 3 is 2.45 bits per heavy atom. The fourth-order valence-corrected chi connectivity index (χ4v) is 1.94. The van der Waals surface area contributed by atoms with E-state index in [0.717, 1.165) is 5.75 Å². The van der Waals surface area contributed by atoms with Crippen LogP contribution in [0.15, 0.2) is 53.0 Å². The number of halogens is 1. The zero-order chi connectivity index (χ0) is 14.4. The predicted octanol–water partition coefficient (Wildman–Crippen LogP) is 3.61. The van der Waals surface area contributed by atoms with Gasteiger partial charge in [0, 0.05) is 0 Å². The maximum Gasteiger partial charge on any atom is 0.335 e. The van der Waals surface area contributed by atoms with E-state index in [9.17, 15) is 4.79 Å². The molecule has 0 aliphatic heterocycles. The van der Waals surface area contributed by atoms with Crippen molar-refractivity contribution in [2.45, 2.75) is 0 Å². The van der Waals surface area contributed by atoms with E-state index >= 15 is 0 Å². The van der Waals surface area contributed by atoms with Crippen molar-refractivity contribution in [3.63, 3.8) is 0 Å². The number of carboxylic acids is 1. The predicted molar refractivity (Wildman–Crippen MR) is 78.5 cm³/mol. The van der Waals surface area contributed by atoms with Crippen LogP contribution in [0.4, 0.5) is 0 Å². The van der Waals surface area contributed by atoms with Gasteiger partial charge in [0.15, 0.2) is 0 Å². The smallest absolute Gasteiger partial charge is 0.335 e. The molecule has 0 aliphatic carbocycles. The fraction of sp³-hybridized carbons (Fsp3) is 0.133. The first-order chi connectivity index (χ1) is 9.66. The molecule has 0 spiro atoms. The molecule has 0 heterocycles. The highest BCUT2D eigenvalue weighted by molar-refractivity contribution is 9.10. The van der Waals surface area contributed by atoms with Crippen molar-refractivity contribution in [3.05, 3.63) is 58.6 Å². The minimum absolute atomic E-state index is 0.187. The summed E-state index contributed by atoms with van der Waals surface area (Å²) in [5, 5.41) is 8.92. The van der Waals surface area contributed by atoms with Gasteiger partial charge < -0.3 is 14.6 Å². The SMILES string of the molecule is O=C(O)c1ccc(Br)c(OCCOc2ccccc2)c1. The lowest BCUT2D eigenvalue weighted by Gasteiger charge is -2.10. The summed E-state index contributed by atoms with van der Waals surface area (Å²) in [4.78, 5) is 10.9. The van der Waals surface area contributed by atoms with Crippen LogP contribution in [0.1, 0.15) is 10.4 Å². The normalized spacial score (nSPS) is 10.1. The van der Waals surface area contributed by atoms with Crippen molar-refractivity contribution >= 4 is 21.9 Å². The first-order valence-electron chi connectivity index (χ1n) is 6.00. The lowest BCUT2D eigenvalue weighted by Crippen LogP contribution is -2.09. The van der Waals surface area contributed by atoms with Crippen LogP contribution in [0.3, 0.4) is 0 Å². The van der Waals surface area contributed by atoms with E-state index in [-0.39, 0.29) is 5.56 Å². The summed E-state index contributed by atoms with van der Waals surface area (Å²) in [6.07, 6.45) is 0. The topological polar surface area (TPSA) is 55.8 Å². The van der Waals surface area contributed by atoms with Crippen LogP contribution in [0.5, 0.6) is 11.5 Å². The molecule has 1 N–H and O–H groups in total. The fourth-order valence-electron chi connectivity index (χ4n) is 1.57. The van der Waals surface area contributed by atoms with Gasteiger partial charge >= 0.3 is 5.97 Å². The van der Waals surface area contributed by atoms with Crippen LogP contribution in [0, 0.1) is 0 Å². The van der Waals surface area contributed by atoms with Crippen molar-refractivity contribution in [2.24, 2.45) is 0 Å². The third-order valence-electron chi connectivity index (χ3n) is 2.53. The first-order valence-corrected chi connectivity index (χ1v) is 6.79. The third kappa shape index (κ3) is 3.99. The van der Waals surface area contributed by atoms with Gasteiger partial charge in [-0.3, -0.25) is 0 Å². The number of rotatable bonds is 6. The second kappa shape index (κ2) is 6.96. The number of aromatic carboxylic acids is 1. The summed E-state index contributed by atoms with van der Waals surface area (Å²) in [7, 11) is 0. The average Bonchev–Trinajstić information content (AvgIpc) is 2.46. The third-order valence-corrected chi connectivity index (χ3v) is 3.19. The molecule has 5 heteroatoms. The summed E-state index contributed by atoms with van der Waals surface area (Å²) < 4.78 is 11.7. The second-order valence-electron chi connectivity index (χ2n) is 3.96. The largest absolute Gasteiger partial charge is 0.490 e. The lowest BCUT2D eigenvalue weighted by atomic mass is 10.2. The van der Waals surface area contributed by atoms with Gasteiger partial charge in [0.05, 0.1) is 10.0 Å². The summed E-state index contributed by atoms with van der Waals surface area (Å²) in [6.45, 7) is 0.713. The summed E-state index contributed by atoms with van der Waals surface area (Å²) in [5.41, 5.74) is 0.187. The molecule has 4 nitrogen and oxygen atoms in total. The van der Waals surface area contributed by atoms with Crippen LogP contribution in [-0.4, -0.2) is 24.3 Å². The molecule has 0 fully saturated rings. The Morgan fingerprint density at radius 1 is 1.05 bits per heavy atom. The Hall–Kier alpha value is -2.01. The van der Waals surface area contributed by atoms with E-state index in [2.05, 4.69) is 15.9 Å². The van der Waals surface area contributed by atoms with E-state index in [1.165, 1.54) is 12.1 Å². The van der Waals surface area contributed by atoms with Gasteiger partial charge in [0.2, 0.25) is 0 Å².